The Bertz CT molecular complexity index is 408. The molecule has 0 aromatic heterocycles. The van der Waals surface area contributed by atoms with Crippen molar-refractivity contribution < 1.29 is 4.74 Å². The quantitative estimate of drug-likeness (QED) is 0.709. The smallest absolute Gasteiger partial charge is 0.123 e. The van der Waals surface area contributed by atoms with E-state index in [4.69, 9.17) is 4.74 Å². The highest BCUT2D eigenvalue weighted by molar-refractivity contribution is 5.66. The Morgan fingerprint density at radius 2 is 1.69 bits per heavy atom. The van der Waals surface area contributed by atoms with Gasteiger partial charge in [0, 0.05) is 0 Å². The Hall–Kier alpha value is -1.24. The topological polar surface area (TPSA) is 9.23 Å². The van der Waals surface area contributed by atoms with Gasteiger partial charge < -0.3 is 4.74 Å². The summed E-state index contributed by atoms with van der Waals surface area (Å²) in [4.78, 5) is 0. The zero-order valence-electron chi connectivity index (χ0n) is 11.3. The van der Waals surface area contributed by atoms with Gasteiger partial charge in [-0.1, -0.05) is 18.2 Å². The summed E-state index contributed by atoms with van der Waals surface area (Å²) in [6.07, 6.45) is 0. The zero-order valence-corrected chi connectivity index (χ0v) is 11.3. The molecular formula is C15H22O. The molecule has 0 bridgehead atoms. The third-order valence-corrected chi connectivity index (χ3v) is 2.40. The Balaban J connectivity index is 3.20. The average molecular weight is 218 g/mol. The lowest BCUT2D eigenvalue weighted by Gasteiger charge is -2.23. The lowest BCUT2D eigenvalue weighted by Crippen LogP contribution is -2.23. The molecule has 88 valence electrons. The van der Waals surface area contributed by atoms with E-state index in [0.717, 1.165) is 11.3 Å². The monoisotopic (exact) mass is 218 g/mol. The van der Waals surface area contributed by atoms with Gasteiger partial charge in [0.15, 0.2) is 0 Å². The first-order valence-electron chi connectivity index (χ1n) is 5.67. The highest BCUT2D eigenvalue weighted by Gasteiger charge is 2.14. The highest BCUT2D eigenvalue weighted by atomic mass is 16.5. The minimum Gasteiger partial charge on any atom is -0.488 e. The minimum atomic E-state index is -0.160. The van der Waals surface area contributed by atoms with Crippen LogP contribution in [-0.4, -0.2) is 5.60 Å². The van der Waals surface area contributed by atoms with Gasteiger partial charge in [0.05, 0.1) is 0 Å². The molecule has 16 heavy (non-hydrogen) atoms. The summed E-state index contributed by atoms with van der Waals surface area (Å²) in [5, 5.41) is 0. The van der Waals surface area contributed by atoms with Gasteiger partial charge >= 0.3 is 0 Å². The van der Waals surface area contributed by atoms with Gasteiger partial charge in [-0.25, -0.2) is 0 Å². The number of benzene rings is 1. The standard InChI is InChI=1S/C15H22O/c1-10(2)13-9-14(16-15(5,6)7)12(4)8-11(13)3/h8-9H,1H2,2-7H3. The van der Waals surface area contributed by atoms with E-state index >= 15 is 0 Å². The van der Waals surface area contributed by atoms with E-state index in [2.05, 4.69) is 53.3 Å². The molecule has 0 aliphatic carbocycles. The summed E-state index contributed by atoms with van der Waals surface area (Å²) in [6.45, 7) is 16.4. The van der Waals surface area contributed by atoms with Crippen LogP contribution in [0.15, 0.2) is 18.7 Å². The second-order valence-corrected chi connectivity index (χ2v) is 5.43. The molecule has 0 atom stereocenters. The Morgan fingerprint density at radius 1 is 1.12 bits per heavy atom. The Morgan fingerprint density at radius 3 is 2.12 bits per heavy atom. The molecule has 1 aromatic carbocycles. The lowest BCUT2D eigenvalue weighted by atomic mass is 9.99. The van der Waals surface area contributed by atoms with Gasteiger partial charge in [-0.15, -0.1) is 0 Å². The van der Waals surface area contributed by atoms with Crippen LogP contribution >= 0.6 is 0 Å². The van der Waals surface area contributed by atoms with E-state index in [-0.39, 0.29) is 5.60 Å². The van der Waals surface area contributed by atoms with Crippen LogP contribution in [0.1, 0.15) is 44.4 Å². The normalized spacial score (nSPS) is 11.4. The summed E-state index contributed by atoms with van der Waals surface area (Å²) < 4.78 is 5.94. The van der Waals surface area contributed by atoms with Crippen LogP contribution < -0.4 is 4.74 Å². The maximum absolute atomic E-state index is 5.94. The molecule has 0 amide bonds. The van der Waals surface area contributed by atoms with Gasteiger partial charge in [-0.2, -0.15) is 0 Å². The second kappa shape index (κ2) is 4.32. The first-order valence-corrected chi connectivity index (χ1v) is 5.67. The van der Waals surface area contributed by atoms with E-state index in [0.29, 0.717) is 0 Å². The molecule has 0 radical (unpaired) electrons. The van der Waals surface area contributed by atoms with Crippen molar-refractivity contribution in [1.29, 1.82) is 0 Å². The van der Waals surface area contributed by atoms with Crippen molar-refractivity contribution in [2.75, 3.05) is 0 Å². The summed E-state index contributed by atoms with van der Waals surface area (Å²) in [7, 11) is 0. The molecule has 0 aliphatic heterocycles. The van der Waals surface area contributed by atoms with E-state index in [1.54, 1.807) is 0 Å². The van der Waals surface area contributed by atoms with E-state index < -0.39 is 0 Å². The third kappa shape index (κ3) is 3.13. The van der Waals surface area contributed by atoms with Crippen molar-refractivity contribution in [1.82, 2.24) is 0 Å². The number of allylic oxidation sites excluding steroid dienone is 1. The highest BCUT2D eigenvalue weighted by Crippen LogP contribution is 2.29. The average Bonchev–Trinajstić information content (AvgIpc) is 2.07. The molecule has 1 heteroatoms. The molecular weight excluding hydrogens is 196 g/mol. The van der Waals surface area contributed by atoms with Crippen molar-refractivity contribution in [2.24, 2.45) is 0 Å². The number of aryl methyl sites for hydroxylation is 2. The molecule has 0 saturated heterocycles. The number of ether oxygens (including phenoxy) is 1. The van der Waals surface area contributed by atoms with Crippen molar-refractivity contribution in [2.45, 2.75) is 47.1 Å². The fourth-order valence-corrected chi connectivity index (χ4v) is 1.73. The molecule has 0 heterocycles. The summed E-state index contributed by atoms with van der Waals surface area (Å²) >= 11 is 0. The van der Waals surface area contributed by atoms with E-state index in [9.17, 15) is 0 Å². The lowest BCUT2D eigenvalue weighted by molar-refractivity contribution is 0.130. The van der Waals surface area contributed by atoms with Gasteiger partial charge in [0.1, 0.15) is 11.4 Å². The molecule has 0 fully saturated rings. The molecule has 0 N–H and O–H groups in total. The van der Waals surface area contributed by atoms with Crippen LogP contribution in [0, 0.1) is 13.8 Å². The van der Waals surface area contributed by atoms with Crippen molar-refractivity contribution >= 4 is 5.57 Å². The Labute approximate surface area is 99.1 Å². The van der Waals surface area contributed by atoms with Crippen LogP contribution in [0.4, 0.5) is 0 Å². The summed E-state index contributed by atoms with van der Waals surface area (Å²) in [5.74, 6) is 0.955. The number of rotatable bonds is 2. The summed E-state index contributed by atoms with van der Waals surface area (Å²) in [6, 6.07) is 4.25. The van der Waals surface area contributed by atoms with Crippen LogP contribution in [0.3, 0.4) is 0 Å². The molecule has 1 nitrogen and oxygen atoms in total. The van der Waals surface area contributed by atoms with Crippen LogP contribution in [0.2, 0.25) is 0 Å². The predicted octanol–water partition coefficient (Wildman–Crippen LogP) is 4.51. The van der Waals surface area contributed by atoms with Crippen molar-refractivity contribution in [3.63, 3.8) is 0 Å². The zero-order chi connectivity index (χ0) is 12.5. The molecule has 0 unspecified atom stereocenters. The van der Waals surface area contributed by atoms with Gasteiger partial charge in [-0.3, -0.25) is 0 Å². The van der Waals surface area contributed by atoms with E-state index in [1.165, 1.54) is 16.7 Å². The van der Waals surface area contributed by atoms with Crippen LogP contribution in [-0.2, 0) is 0 Å². The van der Waals surface area contributed by atoms with Crippen molar-refractivity contribution in [3.8, 4) is 5.75 Å². The summed E-state index contributed by atoms with van der Waals surface area (Å²) in [5.41, 5.74) is 4.54. The van der Waals surface area contributed by atoms with Crippen LogP contribution in [0.5, 0.6) is 5.75 Å². The van der Waals surface area contributed by atoms with Crippen LogP contribution in [0.25, 0.3) is 5.57 Å². The number of hydrogen-bond donors (Lipinski definition) is 0. The third-order valence-electron chi connectivity index (χ3n) is 2.40. The van der Waals surface area contributed by atoms with Gasteiger partial charge in [0.2, 0.25) is 0 Å². The first kappa shape index (κ1) is 12.8. The largest absolute Gasteiger partial charge is 0.488 e. The maximum atomic E-state index is 5.94. The minimum absolute atomic E-state index is 0.160. The SMILES string of the molecule is C=C(C)c1cc(OC(C)(C)C)c(C)cc1C. The fourth-order valence-electron chi connectivity index (χ4n) is 1.73. The Kier molecular flexibility index (Phi) is 3.47. The molecule has 0 spiro atoms. The van der Waals surface area contributed by atoms with Gasteiger partial charge in [-0.05, 0) is 64.3 Å². The fraction of sp³-hybridized carbons (Fsp3) is 0.467. The first-order chi connectivity index (χ1) is 7.20. The molecule has 0 aliphatic rings. The van der Waals surface area contributed by atoms with Crippen molar-refractivity contribution in [3.05, 3.63) is 35.4 Å². The number of hydrogen-bond acceptors (Lipinski definition) is 1. The maximum Gasteiger partial charge on any atom is 0.123 e. The molecule has 1 rings (SSSR count). The molecule has 0 saturated carbocycles. The molecule has 1 aromatic rings. The van der Waals surface area contributed by atoms with E-state index in [1.807, 2.05) is 6.92 Å². The predicted molar refractivity (Wildman–Crippen MR) is 71.0 cm³/mol. The van der Waals surface area contributed by atoms with Gasteiger partial charge in [0.25, 0.3) is 0 Å². The second-order valence-electron chi connectivity index (χ2n) is 5.43.